The Morgan fingerprint density at radius 3 is 2.43 bits per heavy atom. The molecule has 4 nitrogen and oxygen atoms in total. The van der Waals surface area contributed by atoms with Gasteiger partial charge in [0.2, 0.25) is 5.78 Å². The molecule has 1 aromatic heterocycles. The van der Waals surface area contributed by atoms with E-state index in [-0.39, 0.29) is 12.4 Å². The summed E-state index contributed by atoms with van der Waals surface area (Å²) in [6.07, 6.45) is 2.94. The van der Waals surface area contributed by atoms with Crippen molar-refractivity contribution in [2.45, 2.75) is 13.8 Å². The number of Topliss-reactive ketones (excluding diaryl/α,β-unsaturated/α-hetero) is 1. The monoisotopic (exact) mass is 330 g/mol. The first-order chi connectivity index (χ1) is 11.0. The SMILES string of the molecule is COc1ccc(/C=C/C(=O)OCC(=O)c2cc(C)sc2C)cc1. The maximum Gasteiger partial charge on any atom is 0.331 e. The number of thiophene rings is 1. The first-order valence-electron chi connectivity index (χ1n) is 7.08. The molecule has 0 N–H and O–H groups in total. The molecule has 2 aromatic rings. The molecule has 0 saturated carbocycles. The van der Waals surface area contributed by atoms with Crippen LogP contribution in [0.3, 0.4) is 0 Å². The number of ketones is 1. The van der Waals surface area contributed by atoms with Gasteiger partial charge in [0.25, 0.3) is 0 Å². The van der Waals surface area contributed by atoms with Crippen molar-refractivity contribution in [2.24, 2.45) is 0 Å². The first-order valence-corrected chi connectivity index (χ1v) is 7.90. The molecule has 2 rings (SSSR count). The van der Waals surface area contributed by atoms with Gasteiger partial charge in [0.15, 0.2) is 6.61 Å². The summed E-state index contributed by atoms with van der Waals surface area (Å²) < 4.78 is 10.1. The highest BCUT2D eigenvalue weighted by Crippen LogP contribution is 2.21. The summed E-state index contributed by atoms with van der Waals surface area (Å²) in [6.45, 7) is 3.58. The molecule has 0 unspecified atom stereocenters. The van der Waals surface area contributed by atoms with Gasteiger partial charge in [-0.2, -0.15) is 0 Å². The van der Waals surface area contributed by atoms with Crippen LogP contribution in [0.1, 0.15) is 25.7 Å². The number of esters is 1. The molecule has 0 aliphatic rings. The third-order valence-electron chi connectivity index (χ3n) is 3.21. The number of carbonyl (C=O) groups is 2. The summed E-state index contributed by atoms with van der Waals surface area (Å²) in [5.74, 6) is 0.0218. The standard InChI is InChI=1S/C18H18O4S/c1-12-10-16(13(2)23-12)17(19)11-22-18(20)9-6-14-4-7-15(21-3)8-5-14/h4-10H,11H2,1-3H3/b9-6+. The molecule has 0 fully saturated rings. The van der Waals surface area contributed by atoms with E-state index >= 15 is 0 Å². The van der Waals surface area contributed by atoms with E-state index in [4.69, 9.17) is 9.47 Å². The molecule has 0 bridgehead atoms. The predicted octanol–water partition coefficient (Wildman–Crippen LogP) is 3.81. The van der Waals surface area contributed by atoms with Crippen LogP contribution in [0, 0.1) is 13.8 Å². The molecular formula is C18H18O4S. The van der Waals surface area contributed by atoms with Crippen LogP contribution in [-0.4, -0.2) is 25.5 Å². The Labute approximate surface area is 139 Å². The van der Waals surface area contributed by atoms with Crippen molar-refractivity contribution in [3.63, 3.8) is 0 Å². The van der Waals surface area contributed by atoms with Crippen LogP contribution in [0.25, 0.3) is 6.08 Å². The Hall–Kier alpha value is -2.40. The van der Waals surface area contributed by atoms with Crippen molar-refractivity contribution in [3.8, 4) is 5.75 Å². The third-order valence-corrected chi connectivity index (χ3v) is 4.18. The van der Waals surface area contributed by atoms with Crippen LogP contribution in [0.4, 0.5) is 0 Å². The molecular weight excluding hydrogens is 312 g/mol. The first kappa shape index (κ1) is 17.0. The second-order valence-electron chi connectivity index (χ2n) is 4.96. The largest absolute Gasteiger partial charge is 0.497 e. The van der Waals surface area contributed by atoms with Gasteiger partial charge < -0.3 is 9.47 Å². The second kappa shape index (κ2) is 7.74. The maximum absolute atomic E-state index is 12.0. The molecule has 0 atom stereocenters. The fourth-order valence-electron chi connectivity index (χ4n) is 2.05. The topological polar surface area (TPSA) is 52.6 Å². The van der Waals surface area contributed by atoms with Gasteiger partial charge >= 0.3 is 5.97 Å². The molecule has 0 aliphatic carbocycles. The molecule has 0 amide bonds. The quantitative estimate of drug-likeness (QED) is 0.459. The Kier molecular flexibility index (Phi) is 5.71. The summed E-state index contributed by atoms with van der Waals surface area (Å²) >= 11 is 1.56. The smallest absolute Gasteiger partial charge is 0.331 e. The molecule has 5 heteroatoms. The van der Waals surface area contributed by atoms with E-state index < -0.39 is 5.97 Å². The molecule has 0 saturated heterocycles. The predicted molar refractivity (Wildman–Crippen MR) is 91.1 cm³/mol. The number of ether oxygens (including phenoxy) is 2. The minimum atomic E-state index is -0.543. The number of hydrogen-bond acceptors (Lipinski definition) is 5. The summed E-state index contributed by atoms with van der Waals surface area (Å²) in [4.78, 5) is 25.7. The van der Waals surface area contributed by atoms with E-state index in [2.05, 4.69) is 0 Å². The van der Waals surface area contributed by atoms with Crippen molar-refractivity contribution < 1.29 is 19.1 Å². The van der Waals surface area contributed by atoms with Crippen LogP contribution < -0.4 is 4.74 Å². The zero-order chi connectivity index (χ0) is 16.8. The van der Waals surface area contributed by atoms with E-state index in [0.717, 1.165) is 21.1 Å². The molecule has 1 aromatic carbocycles. The summed E-state index contributed by atoms with van der Waals surface area (Å²) in [5, 5.41) is 0. The summed E-state index contributed by atoms with van der Waals surface area (Å²) in [5.41, 5.74) is 1.47. The Balaban J connectivity index is 1.88. The summed E-state index contributed by atoms with van der Waals surface area (Å²) in [6, 6.07) is 9.08. The molecule has 0 radical (unpaired) electrons. The van der Waals surface area contributed by atoms with Gasteiger partial charge in [0.1, 0.15) is 5.75 Å². The number of benzene rings is 1. The van der Waals surface area contributed by atoms with E-state index in [1.165, 1.54) is 6.08 Å². The van der Waals surface area contributed by atoms with Crippen LogP contribution in [0.2, 0.25) is 0 Å². The summed E-state index contributed by atoms with van der Waals surface area (Å²) in [7, 11) is 1.59. The highest BCUT2D eigenvalue weighted by molar-refractivity contribution is 7.12. The molecule has 0 aliphatic heterocycles. The molecule has 1 heterocycles. The van der Waals surface area contributed by atoms with Gasteiger partial charge in [-0.25, -0.2) is 4.79 Å². The molecule has 120 valence electrons. The van der Waals surface area contributed by atoms with Crippen molar-refractivity contribution in [2.75, 3.05) is 13.7 Å². The van der Waals surface area contributed by atoms with Crippen molar-refractivity contribution in [1.29, 1.82) is 0 Å². The van der Waals surface area contributed by atoms with Gasteiger partial charge in [-0.05, 0) is 43.7 Å². The molecule has 23 heavy (non-hydrogen) atoms. The Bertz CT molecular complexity index is 726. The van der Waals surface area contributed by atoms with E-state index in [9.17, 15) is 9.59 Å². The lowest BCUT2D eigenvalue weighted by atomic mass is 10.2. The van der Waals surface area contributed by atoms with E-state index in [1.807, 2.05) is 32.0 Å². The molecule has 0 spiro atoms. The normalized spacial score (nSPS) is 10.7. The zero-order valence-electron chi connectivity index (χ0n) is 13.3. The lowest BCUT2D eigenvalue weighted by Gasteiger charge is -2.01. The fraction of sp³-hybridized carbons (Fsp3) is 0.222. The van der Waals surface area contributed by atoms with Crippen LogP contribution in [0.5, 0.6) is 5.75 Å². The van der Waals surface area contributed by atoms with Crippen LogP contribution >= 0.6 is 11.3 Å². The van der Waals surface area contributed by atoms with Gasteiger partial charge in [-0.15, -0.1) is 11.3 Å². The Morgan fingerprint density at radius 1 is 1.17 bits per heavy atom. The van der Waals surface area contributed by atoms with Gasteiger partial charge in [0.05, 0.1) is 7.11 Å². The van der Waals surface area contributed by atoms with Crippen LogP contribution in [0.15, 0.2) is 36.4 Å². The second-order valence-corrected chi connectivity index (χ2v) is 6.42. The fourth-order valence-corrected chi connectivity index (χ4v) is 2.99. The Morgan fingerprint density at radius 2 is 1.87 bits per heavy atom. The average molecular weight is 330 g/mol. The zero-order valence-corrected chi connectivity index (χ0v) is 14.1. The van der Waals surface area contributed by atoms with Crippen LogP contribution in [-0.2, 0) is 9.53 Å². The number of hydrogen-bond donors (Lipinski definition) is 0. The highest BCUT2D eigenvalue weighted by Gasteiger charge is 2.13. The number of aryl methyl sites for hydroxylation is 2. The third kappa shape index (κ3) is 4.79. The minimum Gasteiger partial charge on any atom is -0.497 e. The number of methoxy groups -OCH3 is 1. The minimum absolute atomic E-state index is 0.182. The van der Waals surface area contributed by atoms with Gasteiger partial charge in [-0.3, -0.25) is 4.79 Å². The van der Waals surface area contributed by atoms with Gasteiger partial charge in [-0.1, -0.05) is 12.1 Å². The van der Waals surface area contributed by atoms with Crippen molar-refractivity contribution in [1.82, 2.24) is 0 Å². The number of carbonyl (C=O) groups excluding carboxylic acids is 2. The number of rotatable bonds is 6. The van der Waals surface area contributed by atoms with E-state index in [1.54, 1.807) is 36.7 Å². The highest BCUT2D eigenvalue weighted by atomic mass is 32.1. The average Bonchev–Trinajstić information content (AvgIpc) is 2.89. The van der Waals surface area contributed by atoms with Gasteiger partial charge in [0, 0.05) is 21.4 Å². The lowest BCUT2D eigenvalue weighted by molar-refractivity contribution is -0.136. The maximum atomic E-state index is 12.0. The van der Waals surface area contributed by atoms with E-state index in [0.29, 0.717) is 5.56 Å². The van der Waals surface area contributed by atoms with Crippen molar-refractivity contribution in [3.05, 3.63) is 57.3 Å². The lowest BCUT2D eigenvalue weighted by Crippen LogP contribution is -2.12. The van der Waals surface area contributed by atoms with Crippen molar-refractivity contribution >= 4 is 29.2 Å².